The third-order valence-electron chi connectivity index (χ3n) is 3.55. The van der Waals surface area contributed by atoms with Crippen molar-refractivity contribution in [1.29, 1.82) is 0 Å². The highest BCUT2D eigenvalue weighted by Gasteiger charge is 2.34. The summed E-state index contributed by atoms with van der Waals surface area (Å²) in [5.74, 6) is -0.554. The second-order valence-electron chi connectivity index (χ2n) is 5.77. The van der Waals surface area contributed by atoms with Gasteiger partial charge in [-0.25, -0.2) is 0 Å². The minimum atomic E-state index is -4.66. The molecule has 0 saturated carbocycles. The topological polar surface area (TPSA) is 79.5 Å². The summed E-state index contributed by atoms with van der Waals surface area (Å²) < 4.78 is 45.3. The molecule has 0 aliphatic rings. The average molecular weight is 395 g/mol. The van der Waals surface area contributed by atoms with Crippen molar-refractivity contribution in [3.63, 3.8) is 0 Å². The Bertz CT molecular complexity index is 854. The van der Waals surface area contributed by atoms with Crippen molar-refractivity contribution in [2.45, 2.75) is 20.0 Å². The number of benzene rings is 2. The number of carbonyl (C=O) groups is 2. The minimum Gasteiger partial charge on any atom is -0.492 e. The van der Waals surface area contributed by atoms with Crippen LogP contribution in [0.25, 0.3) is 0 Å². The Balaban J connectivity index is 2.11. The Morgan fingerprint density at radius 3 is 2.39 bits per heavy atom. The average Bonchev–Trinajstić information content (AvgIpc) is 2.61. The first-order chi connectivity index (χ1) is 13.2. The van der Waals surface area contributed by atoms with Gasteiger partial charge in [-0.05, 0) is 37.3 Å². The van der Waals surface area contributed by atoms with Gasteiger partial charge in [-0.3, -0.25) is 9.59 Å². The predicted octanol–water partition coefficient (Wildman–Crippen LogP) is 4.11. The van der Waals surface area contributed by atoms with Crippen molar-refractivity contribution in [3.8, 4) is 5.75 Å². The van der Waals surface area contributed by atoms with Crippen LogP contribution in [-0.2, 0) is 15.8 Å². The van der Waals surface area contributed by atoms with E-state index in [4.69, 9.17) is 4.74 Å². The highest BCUT2D eigenvalue weighted by atomic mass is 19.4. The number of alkyl halides is 3. The van der Waals surface area contributed by atoms with Gasteiger partial charge in [-0.15, -0.1) is 0 Å². The lowest BCUT2D eigenvalue weighted by Gasteiger charge is -2.16. The lowest BCUT2D eigenvalue weighted by molar-refractivity contribution is -0.137. The van der Waals surface area contributed by atoms with Crippen LogP contribution in [0.5, 0.6) is 5.75 Å². The molecule has 0 saturated heterocycles. The molecule has 2 aromatic rings. The summed E-state index contributed by atoms with van der Waals surface area (Å²) in [6, 6.07) is 10.0. The van der Waals surface area contributed by atoms with Crippen LogP contribution in [0, 0.1) is 0 Å². The molecule has 0 atom stereocenters. The number of nitrogens with one attached hydrogen (secondary N) is 3. The molecule has 2 amide bonds. The first-order valence-electron chi connectivity index (χ1n) is 8.45. The first-order valence-corrected chi connectivity index (χ1v) is 8.45. The normalized spacial score (nSPS) is 10.9. The molecule has 3 N–H and O–H groups in total. The minimum absolute atomic E-state index is 0.0143. The molecule has 0 spiro atoms. The molecule has 0 radical (unpaired) electrons. The van der Waals surface area contributed by atoms with E-state index in [1.165, 1.54) is 13.0 Å². The smallest absolute Gasteiger partial charge is 0.418 e. The Morgan fingerprint density at radius 1 is 1.04 bits per heavy atom. The van der Waals surface area contributed by atoms with Gasteiger partial charge in [0.25, 0.3) is 0 Å². The number of anilines is 3. The molecule has 2 rings (SSSR count). The number of halogens is 3. The molecule has 0 fully saturated rings. The fraction of sp³-hybridized carbons (Fsp3) is 0.263. The molecule has 28 heavy (non-hydrogen) atoms. The van der Waals surface area contributed by atoms with Crippen LogP contribution in [-0.4, -0.2) is 25.0 Å². The van der Waals surface area contributed by atoms with Crippen molar-refractivity contribution in [2.75, 3.05) is 29.1 Å². The van der Waals surface area contributed by atoms with Crippen LogP contribution in [0.1, 0.15) is 19.4 Å². The zero-order valence-electron chi connectivity index (χ0n) is 15.3. The third-order valence-corrected chi connectivity index (χ3v) is 3.55. The van der Waals surface area contributed by atoms with E-state index in [1.54, 1.807) is 31.2 Å². The lowest BCUT2D eigenvalue weighted by atomic mass is 10.1. The SMILES string of the molecule is CCOc1ccccc1NC(=O)CNc1ccc(NC(C)=O)cc1C(F)(F)F. The largest absolute Gasteiger partial charge is 0.492 e. The molecule has 6 nitrogen and oxygen atoms in total. The zero-order chi connectivity index (χ0) is 20.7. The number of ether oxygens (including phenoxy) is 1. The van der Waals surface area contributed by atoms with Gasteiger partial charge >= 0.3 is 6.18 Å². The summed E-state index contributed by atoms with van der Waals surface area (Å²) >= 11 is 0. The highest BCUT2D eigenvalue weighted by Crippen LogP contribution is 2.36. The molecule has 9 heteroatoms. The highest BCUT2D eigenvalue weighted by molar-refractivity contribution is 5.95. The summed E-state index contributed by atoms with van der Waals surface area (Å²) in [6.45, 7) is 3.01. The molecule has 150 valence electrons. The van der Waals surface area contributed by atoms with Crippen LogP contribution in [0.4, 0.5) is 30.2 Å². The van der Waals surface area contributed by atoms with E-state index in [-0.39, 0.29) is 17.9 Å². The van der Waals surface area contributed by atoms with Crippen LogP contribution in [0.3, 0.4) is 0 Å². The monoisotopic (exact) mass is 395 g/mol. The molecule has 0 aromatic heterocycles. The van der Waals surface area contributed by atoms with E-state index < -0.39 is 23.6 Å². The summed E-state index contributed by atoms with van der Waals surface area (Å²) in [5.41, 5.74) is -0.815. The maximum absolute atomic E-state index is 13.3. The number of para-hydroxylation sites is 2. The standard InChI is InChI=1S/C19H20F3N3O3/c1-3-28-17-7-5-4-6-16(17)25-18(27)11-23-15-9-8-13(24-12(2)26)10-14(15)19(20,21)22/h4-10,23H,3,11H2,1-2H3,(H,24,26)(H,25,27). The van der Waals surface area contributed by atoms with E-state index in [1.807, 2.05) is 0 Å². The second kappa shape index (κ2) is 9.12. The number of carbonyl (C=O) groups excluding carboxylic acids is 2. The molecular formula is C19H20F3N3O3. The first kappa shape index (κ1) is 21.1. The van der Waals surface area contributed by atoms with Crippen molar-refractivity contribution < 1.29 is 27.5 Å². The van der Waals surface area contributed by atoms with Gasteiger partial charge < -0.3 is 20.7 Å². The van der Waals surface area contributed by atoms with Crippen LogP contribution in [0.15, 0.2) is 42.5 Å². The lowest BCUT2D eigenvalue weighted by Crippen LogP contribution is -2.23. The maximum atomic E-state index is 13.3. The van der Waals surface area contributed by atoms with E-state index in [9.17, 15) is 22.8 Å². The molecular weight excluding hydrogens is 375 g/mol. The Hall–Kier alpha value is -3.23. The zero-order valence-corrected chi connectivity index (χ0v) is 15.3. The van der Waals surface area contributed by atoms with E-state index in [0.29, 0.717) is 18.0 Å². The van der Waals surface area contributed by atoms with Crippen LogP contribution >= 0.6 is 0 Å². The molecule has 0 unspecified atom stereocenters. The van der Waals surface area contributed by atoms with Gasteiger partial charge in [0.2, 0.25) is 11.8 Å². The van der Waals surface area contributed by atoms with Crippen LogP contribution in [0.2, 0.25) is 0 Å². The van der Waals surface area contributed by atoms with Crippen molar-refractivity contribution in [3.05, 3.63) is 48.0 Å². The molecule has 0 aliphatic carbocycles. The number of hydrogen-bond acceptors (Lipinski definition) is 4. The summed E-state index contributed by atoms with van der Waals surface area (Å²) in [7, 11) is 0. The van der Waals surface area contributed by atoms with Gasteiger partial charge in [0, 0.05) is 18.3 Å². The molecule has 2 aromatic carbocycles. The summed E-state index contributed by atoms with van der Waals surface area (Å²) in [4.78, 5) is 23.2. The van der Waals surface area contributed by atoms with Crippen molar-refractivity contribution in [2.24, 2.45) is 0 Å². The summed E-state index contributed by atoms with van der Waals surface area (Å²) in [6.07, 6.45) is -4.66. The van der Waals surface area contributed by atoms with Crippen molar-refractivity contribution >= 4 is 28.9 Å². The second-order valence-corrected chi connectivity index (χ2v) is 5.77. The van der Waals surface area contributed by atoms with Gasteiger partial charge in [0.15, 0.2) is 0 Å². The molecule has 0 bridgehead atoms. The molecule has 0 aliphatic heterocycles. The quantitative estimate of drug-likeness (QED) is 0.659. The fourth-order valence-corrected chi connectivity index (χ4v) is 2.44. The van der Waals surface area contributed by atoms with Gasteiger partial charge in [-0.1, -0.05) is 12.1 Å². The van der Waals surface area contributed by atoms with E-state index in [0.717, 1.165) is 12.1 Å². The predicted molar refractivity (Wildman–Crippen MR) is 100 cm³/mol. The summed E-state index contributed by atoms with van der Waals surface area (Å²) in [5, 5.41) is 7.38. The fourth-order valence-electron chi connectivity index (χ4n) is 2.44. The third kappa shape index (κ3) is 5.90. The van der Waals surface area contributed by atoms with Crippen molar-refractivity contribution in [1.82, 2.24) is 0 Å². The van der Waals surface area contributed by atoms with Gasteiger partial charge in [-0.2, -0.15) is 13.2 Å². The molecule has 0 heterocycles. The number of hydrogen-bond donors (Lipinski definition) is 3. The number of amides is 2. The van der Waals surface area contributed by atoms with E-state index >= 15 is 0 Å². The Labute approximate surface area is 160 Å². The van der Waals surface area contributed by atoms with E-state index in [2.05, 4.69) is 16.0 Å². The Morgan fingerprint density at radius 2 is 1.75 bits per heavy atom. The van der Waals surface area contributed by atoms with Crippen LogP contribution < -0.4 is 20.7 Å². The maximum Gasteiger partial charge on any atom is 0.418 e. The van der Waals surface area contributed by atoms with Gasteiger partial charge in [0.1, 0.15) is 5.75 Å². The number of rotatable bonds is 7. The van der Waals surface area contributed by atoms with Gasteiger partial charge in [0.05, 0.1) is 24.4 Å². The Kier molecular flexibility index (Phi) is 6.86.